The van der Waals surface area contributed by atoms with E-state index in [4.69, 9.17) is 0 Å². The molecule has 0 spiro atoms. The number of anilines is 1. The first kappa shape index (κ1) is 14.3. The number of nitrogens with zero attached hydrogens (tertiary/aromatic N) is 4. The maximum atomic E-state index is 12.8. The van der Waals surface area contributed by atoms with Crippen molar-refractivity contribution in [1.82, 2.24) is 19.7 Å². The number of alkyl halides is 3. The fourth-order valence-electron chi connectivity index (χ4n) is 1.70. The Kier molecular flexibility index (Phi) is 3.91. The highest BCUT2D eigenvalue weighted by Crippen LogP contribution is 2.29. The average molecular weight is 285 g/mol. The van der Waals surface area contributed by atoms with E-state index < -0.39 is 12.0 Å². The van der Waals surface area contributed by atoms with Crippen molar-refractivity contribution < 1.29 is 13.2 Å². The summed E-state index contributed by atoms with van der Waals surface area (Å²) in [6.07, 6.45) is -0.523. The monoisotopic (exact) mass is 285 g/mol. The minimum atomic E-state index is -4.58. The zero-order valence-corrected chi connectivity index (χ0v) is 11.1. The van der Waals surface area contributed by atoms with Crippen LogP contribution in [0.2, 0.25) is 0 Å². The number of aromatic nitrogens is 4. The van der Waals surface area contributed by atoms with Gasteiger partial charge in [0.05, 0.1) is 11.9 Å². The first-order valence-corrected chi connectivity index (χ1v) is 6.11. The van der Waals surface area contributed by atoms with Crippen LogP contribution in [0.3, 0.4) is 0 Å². The molecule has 0 aliphatic rings. The third kappa shape index (κ3) is 3.06. The van der Waals surface area contributed by atoms with E-state index in [1.807, 2.05) is 6.92 Å². The van der Waals surface area contributed by atoms with E-state index in [2.05, 4.69) is 20.4 Å². The second-order valence-corrected chi connectivity index (χ2v) is 4.20. The molecule has 0 unspecified atom stereocenters. The highest BCUT2D eigenvalue weighted by Gasteiger charge is 2.35. The number of aryl methyl sites for hydroxylation is 1. The molecule has 0 bridgehead atoms. The summed E-state index contributed by atoms with van der Waals surface area (Å²) in [7, 11) is 1.51. The lowest BCUT2D eigenvalue weighted by Crippen LogP contribution is -2.13. The van der Waals surface area contributed by atoms with Gasteiger partial charge in [0.1, 0.15) is 5.82 Å². The van der Waals surface area contributed by atoms with Crippen molar-refractivity contribution in [1.29, 1.82) is 0 Å². The standard InChI is InChI=1S/C12H14F3N5/c1-3-4-20-7-8(6-17-20)9-5-10(16-2)19-11(18-9)12(13,14)15/h5-7H,3-4H2,1-2H3,(H,16,18,19). The molecule has 0 aliphatic carbocycles. The molecule has 0 radical (unpaired) electrons. The van der Waals surface area contributed by atoms with E-state index in [0.717, 1.165) is 6.42 Å². The maximum absolute atomic E-state index is 12.8. The quantitative estimate of drug-likeness (QED) is 0.938. The van der Waals surface area contributed by atoms with Crippen LogP contribution in [0.15, 0.2) is 18.5 Å². The normalized spacial score (nSPS) is 11.7. The summed E-state index contributed by atoms with van der Waals surface area (Å²) in [6, 6.07) is 1.46. The molecule has 1 N–H and O–H groups in total. The number of nitrogens with one attached hydrogen (secondary N) is 1. The van der Waals surface area contributed by atoms with Crippen molar-refractivity contribution in [2.45, 2.75) is 26.1 Å². The highest BCUT2D eigenvalue weighted by molar-refractivity contribution is 5.61. The molecule has 2 aromatic heterocycles. The zero-order valence-electron chi connectivity index (χ0n) is 11.1. The van der Waals surface area contributed by atoms with Gasteiger partial charge in [-0.15, -0.1) is 0 Å². The van der Waals surface area contributed by atoms with Crippen LogP contribution in [0.5, 0.6) is 0 Å². The maximum Gasteiger partial charge on any atom is 0.451 e. The second-order valence-electron chi connectivity index (χ2n) is 4.20. The van der Waals surface area contributed by atoms with Crippen molar-refractivity contribution in [3.63, 3.8) is 0 Å². The number of hydrogen-bond acceptors (Lipinski definition) is 4. The van der Waals surface area contributed by atoms with Gasteiger partial charge in [-0.3, -0.25) is 4.68 Å². The minimum absolute atomic E-state index is 0.116. The van der Waals surface area contributed by atoms with Gasteiger partial charge >= 0.3 is 6.18 Å². The molecule has 5 nitrogen and oxygen atoms in total. The van der Waals surface area contributed by atoms with Crippen molar-refractivity contribution in [3.05, 3.63) is 24.3 Å². The largest absolute Gasteiger partial charge is 0.451 e. The molecule has 20 heavy (non-hydrogen) atoms. The Hall–Kier alpha value is -2.12. The Morgan fingerprint density at radius 1 is 1.30 bits per heavy atom. The van der Waals surface area contributed by atoms with E-state index >= 15 is 0 Å². The molecular formula is C12H14F3N5. The summed E-state index contributed by atoms with van der Waals surface area (Å²) in [5, 5.41) is 6.69. The molecular weight excluding hydrogens is 271 g/mol. The van der Waals surface area contributed by atoms with E-state index in [0.29, 0.717) is 12.1 Å². The van der Waals surface area contributed by atoms with Gasteiger partial charge in [0.2, 0.25) is 5.82 Å². The molecule has 108 valence electrons. The highest BCUT2D eigenvalue weighted by atomic mass is 19.4. The Balaban J connectivity index is 2.44. The van der Waals surface area contributed by atoms with Crippen LogP contribution in [0, 0.1) is 0 Å². The van der Waals surface area contributed by atoms with Crippen LogP contribution < -0.4 is 5.32 Å². The Labute approximate surface area is 113 Å². The number of rotatable bonds is 4. The zero-order chi connectivity index (χ0) is 14.8. The van der Waals surface area contributed by atoms with Gasteiger partial charge in [0.15, 0.2) is 0 Å². The van der Waals surface area contributed by atoms with Gasteiger partial charge in [-0.1, -0.05) is 6.92 Å². The van der Waals surface area contributed by atoms with Crippen LogP contribution in [0.25, 0.3) is 11.3 Å². The van der Waals surface area contributed by atoms with Crippen molar-refractivity contribution in [3.8, 4) is 11.3 Å². The summed E-state index contributed by atoms with van der Waals surface area (Å²) >= 11 is 0. The van der Waals surface area contributed by atoms with E-state index in [1.54, 1.807) is 10.9 Å². The average Bonchev–Trinajstić information content (AvgIpc) is 2.86. The van der Waals surface area contributed by atoms with Crippen LogP contribution >= 0.6 is 0 Å². The molecule has 0 atom stereocenters. The van der Waals surface area contributed by atoms with Gasteiger partial charge in [-0.05, 0) is 6.42 Å². The van der Waals surface area contributed by atoms with E-state index in [-0.39, 0.29) is 11.5 Å². The van der Waals surface area contributed by atoms with Crippen LogP contribution in [0.1, 0.15) is 19.2 Å². The van der Waals surface area contributed by atoms with E-state index in [1.165, 1.54) is 19.3 Å². The molecule has 0 amide bonds. The smallest absolute Gasteiger partial charge is 0.373 e. The van der Waals surface area contributed by atoms with E-state index in [9.17, 15) is 13.2 Å². The fourth-order valence-corrected chi connectivity index (χ4v) is 1.70. The van der Waals surface area contributed by atoms with Gasteiger partial charge in [-0.2, -0.15) is 18.3 Å². The molecule has 0 aromatic carbocycles. The van der Waals surface area contributed by atoms with Crippen LogP contribution in [-0.4, -0.2) is 26.8 Å². The van der Waals surface area contributed by atoms with Crippen molar-refractivity contribution in [2.75, 3.05) is 12.4 Å². The summed E-state index contributed by atoms with van der Waals surface area (Å²) in [5.74, 6) is -1.05. The summed E-state index contributed by atoms with van der Waals surface area (Å²) in [4.78, 5) is 6.98. The number of halogens is 3. The molecule has 2 rings (SSSR count). The molecule has 0 saturated heterocycles. The summed E-state index contributed by atoms with van der Waals surface area (Å²) in [6.45, 7) is 2.70. The van der Waals surface area contributed by atoms with Crippen LogP contribution in [0.4, 0.5) is 19.0 Å². The SMILES string of the molecule is CCCn1cc(-c2cc(NC)nc(C(F)(F)F)n2)cn1. The molecule has 2 aromatic rings. The first-order valence-electron chi connectivity index (χ1n) is 6.11. The molecule has 0 aliphatic heterocycles. The summed E-state index contributed by atoms with van der Waals surface area (Å²) in [5.41, 5.74) is 0.724. The van der Waals surface area contributed by atoms with Gasteiger partial charge in [-0.25, -0.2) is 9.97 Å². The second kappa shape index (κ2) is 5.48. The molecule has 0 saturated carbocycles. The lowest BCUT2D eigenvalue weighted by atomic mass is 10.2. The predicted octanol–water partition coefficient (Wildman–Crippen LogP) is 2.81. The number of hydrogen-bond donors (Lipinski definition) is 1. The van der Waals surface area contributed by atoms with Crippen LogP contribution in [-0.2, 0) is 12.7 Å². The Morgan fingerprint density at radius 3 is 2.65 bits per heavy atom. The van der Waals surface area contributed by atoms with Gasteiger partial charge < -0.3 is 5.32 Å². The third-order valence-electron chi connectivity index (χ3n) is 2.62. The van der Waals surface area contributed by atoms with Crippen molar-refractivity contribution in [2.24, 2.45) is 0 Å². The van der Waals surface area contributed by atoms with Gasteiger partial charge in [0, 0.05) is 31.4 Å². The third-order valence-corrected chi connectivity index (χ3v) is 2.62. The molecule has 0 fully saturated rings. The minimum Gasteiger partial charge on any atom is -0.373 e. The van der Waals surface area contributed by atoms with Gasteiger partial charge in [0.25, 0.3) is 0 Å². The Morgan fingerprint density at radius 2 is 2.05 bits per heavy atom. The predicted molar refractivity (Wildman–Crippen MR) is 68.1 cm³/mol. The lowest BCUT2D eigenvalue weighted by Gasteiger charge is -2.09. The topological polar surface area (TPSA) is 55.6 Å². The molecule has 2 heterocycles. The van der Waals surface area contributed by atoms with Crippen molar-refractivity contribution >= 4 is 5.82 Å². The Bertz CT molecular complexity index is 591. The summed E-state index contributed by atoms with van der Waals surface area (Å²) < 4.78 is 39.9. The first-order chi connectivity index (χ1) is 9.44. The lowest BCUT2D eigenvalue weighted by molar-refractivity contribution is -0.144. The molecule has 8 heteroatoms. The fraction of sp³-hybridized carbons (Fsp3) is 0.417.